The summed E-state index contributed by atoms with van der Waals surface area (Å²) in [6, 6.07) is 23.6. The van der Waals surface area contributed by atoms with Crippen LogP contribution in [0.15, 0.2) is 82.4 Å². The molecule has 0 radical (unpaired) electrons. The van der Waals surface area contributed by atoms with Crippen LogP contribution in [0.5, 0.6) is 0 Å². The number of hydrogen-bond acceptors (Lipinski definition) is 4. The third kappa shape index (κ3) is 4.69. The van der Waals surface area contributed by atoms with Gasteiger partial charge in [0.25, 0.3) is 11.1 Å². The number of amides is 1. The number of carbonyl (C=O) groups excluding carboxylic acids is 1. The molecule has 0 saturated carbocycles. The van der Waals surface area contributed by atoms with Gasteiger partial charge in [-0.15, -0.1) is 0 Å². The van der Waals surface area contributed by atoms with Crippen LogP contribution < -0.4 is 5.32 Å². The van der Waals surface area contributed by atoms with Crippen LogP contribution in [-0.4, -0.2) is 10.9 Å². The van der Waals surface area contributed by atoms with Crippen molar-refractivity contribution in [3.63, 3.8) is 0 Å². The monoisotopic (exact) mass is 402 g/mol. The molecule has 0 saturated heterocycles. The maximum absolute atomic E-state index is 12.5. The van der Waals surface area contributed by atoms with Gasteiger partial charge in [0.1, 0.15) is 5.52 Å². The van der Waals surface area contributed by atoms with Crippen molar-refractivity contribution in [1.82, 2.24) is 10.3 Å². The van der Waals surface area contributed by atoms with Gasteiger partial charge < -0.3 is 9.73 Å². The molecule has 1 atom stereocenters. The molecule has 146 valence electrons. The lowest BCUT2D eigenvalue weighted by Crippen LogP contribution is -2.26. The highest BCUT2D eigenvalue weighted by Crippen LogP contribution is 2.27. The molecule has 0 fully saturated rings. The van der Waals surface area contributed by atoms with Crippen molar-refractivity contribution in [3.8, 4) is 0 Å². The molecular weight excluding hydrogens is 380 g/mol. The van der Waals surface area contributed by atoms with Crippen molar-refractivity contribution in [3.05, 3.63) is 95.1 Å². The fourth-order valence-electron chi connectivity index (χ4n) is 3.08. The Morgan fingerprint density at radius 2 is 1.83 bits per heavy atom. The Morgan fingerprint density at radius 1 is 1.07 bits per heavy atom. The largest absolute Gasteiger partial charge is 0.431 e. The van der Waals surface area contributed by atoms with Crippen LogP contribution in [0.3, 0.4) is 0 Å². The zero-order chi connectivity index (χ0) is 20.2. The minimum atomic E-state index is -0.0742. The van der Waals surface area contributed by atoms with Crippen LogP contribution in [0.25, 0.3) is 11.1 Å². The van der Waals surface area contributed by atoms with E-state index in [1.807, 2.05) is 86.6 Å². The Labute approximate surface area is 174 Å². The Kier molecular flexibility index (Phi) is 5.67. The molecule has 1 aromatic heterocycles. The second kappa shape index (κ2) is 8.53. The minimum absolute atomic E-state index is 0.0401. The van der Waals surface area contributed by atoms with Crippen LogP contribution in [-0.2, 0) is 5.75 Å². The molecule has 29 heavy (non-hydrogen) atoms. The predicted molar refractivity (Wildman–Crippen MR) is 117 cm³/mol. The number of benzene rings is 3. The molecule has 0 spiro atoms. The molecule has 0 aliphatic heterocycles. The van der Waals surface area contributed by atoms with Gasteiger partial charge in [-0.1, -0.05) is 60.3 Å². The van der Waals surface area contributed by atoms with Crippen LogP contribution in [0, 0.1) is 6.92 Å². The number of fused-ring (bicyclic) bond motifs is 1. The number of carbonyl (C=O) groups is 1. The average molecular weight is 403 g/mol. The molecular formula is C24H22N2O2S. The standard InChI is InChI=1S/C24H22N2O2S/c1-16-8-13-22-21(14-16)26-24(28-22)29-15-18-9-11-20(12-10-18)23(27)25-17(2)19-6-4-3-5-7-19/h3-14,17H,15H2,1-2H3,(H,25,27). The molecule has 1 unspecified atom stereocenters. The first-order valence-electron chi connectivity index (χ1n) is 9.53. The second-order valence-electron chi connectivity index (χ2n) is 7.04. The SMILES string of the molecule is Cc1ccc2oc(SCc3ccc(C(=O)NC(C)c4ccccc4)cc3)nc2c1. The zero-order valence-electron chi connectivity index (χ0n) is 16.4. The van der Waals surface area contributed by atoms with E-state index in [9.17, 15) is 4.79 Å². The zero-order valence-corrected chi connectivity index (χ0v) is 17.2. The van der Waals surface area contributed by atoms with Crippen molar-refractivity contribution in [2.24, 2.45) is 0 Å². The quantitative estimate of drug-likeness (QED) is 0.407. The summed E-state index contributed by atoms with van der Waals surface area (Å²) in [5.74, 6) is 0.656. The minimum Gasteiger partial charge on any atom is -0.431 e. The topological polar surface area (TPSA) is 55.1 Å². The number of rotatable bonds is 6. The number of aromatic nitrogens is 1. The van der Waals surface area contributed by atoms with Crippen LogP contribution in [0.2, 0.25) is 0 Å². The fourth-order valence-corrected chi connectivity index (χ4v) is 3.87. The number of hydrogen-bond donors (Lipinski definition) is 1. The smallest absolute Gasteiger partial charge is 0.257 e. The molecule has 4 aromatic rings. The molecule has 1 heterocycles. The van der Waals surface area contributed by atoms with Gasteiger partial charge in [-0.25, -0.2) is 4.98 Å². The lowest BCUT2D eigenvalue weighted by molar-refractivity contribution is 0.0940. The first-order valence-corrected chi connectivity index (χ1v) is 10.5. The number of thioether (sulfide) groups is 1. The van der Waals surface area contributed by atoms with Gasteiger partial charge in [-0.3, -0.25) is 4.79 Å². The normalized spacial score (nSPS) is 12.1. The van der Waals surface area contributed by atoms with Crippen molar-refractivity contribution in [2.45, 2.75) is 30.9 Å². The molecule has 4 nitrogen and oxygen atoms in total. The van der Waals surface area contributed by atoms with E-state index in [4.69, 9.17) is 4.42 Å². The van der Waals surface area contributed by atoms with E-state index in [2.05, 4.69) is 10.3 Å². The van der Waals surface area contributed by atoms with Gasteiger partial charge in [0.05, 0.1) is 6.04 Å². The average Bonchev–Trinajstić information content (AvgIpc) is 3.15. The van der Waals surface area contributed by atoms with Crippen LogP contribution in [0.4, 0.5) is 0 Å². The Balaban J connectivity index is 1.36. The number of aryl methyl sites for hydroxylation is 1. The van der Waals surface area contributed by atoms with E-state index in [0.717, 1.165) is 33.5 Å². The fraction of sp³-hybridized carbons (Fsp3) is 0.167. The second-order valence-corrected chi connectivity index (χ2v) is 7.97. The van der Waals surface area contributed by atoms with Crippen molar-refractivity contribution >= 4 is 28.8 Å². The summed E-state index contributed by atoms with van der Waals surface area (Å²) in [6.45, 7) is 4.03. The summed E-state index contributed by atoms with van der Waals surface area (Å²) >= 11 is 1.55. The van der Waals surface area contributed by atoms with E-state index in [-0.39, 0.29) is 11.9 Å². The van der Waals surface area contributed by atoms with E-state index in [1.54, 1.807) is 11.8 Å². The van der Waals surface area contributed by atoms with Gasteiger partial charge in [-0.05, 0) is 54.8 Å². The lowest BCUT2D eigenvalue weighted by Gasteiger charge is -2.14. The molecule has 0 bridgehead atoms. The maximum atomic E-state index is 12.5. The number of nitrogens with one attached hydrogen (secondary N) is 1. The third-order valence-corrected chi connectivity index (χ3v) is 5.65. The van der Waals surface area contributed by atoms with Gasteiger partial charge in [0.15, 0.2) is 5.58 Å². The van der Waals surface area contributed by atoms with Crippen molar-refractivity contribution in [1.29, 1.82) is 0 Å². The summed E-state index contributed by atoms with van der Waals surface area (Å²) in [5.41, 5.74) is 5.70. The highest BCUT2D eigenvalue weighted by atomic mass is 32.2. The van der Waals surface area contributed by atoms with E-state index < -0.39 is 0 Å². The Morgan fingerprint density at radius 3 is 2.59 bits per heavy atom. The third-order valence-electron chi connectivity index (χ3n) is 4.75. The maximum Gasteiger partial charge on any atom is 0.257 e. The number of nitrogens with zero attached hydrogens (tertiary/aromatic N) is 1. The van der Waals surface area contributed by atoms with E-state index in [1.165, 1.54) is 0 Å². The highest BCUT2D eigenvalue weighted by Gasteiger charge is 2.12. The van der Waals surface area contributed by atoms with E-state index >= 15 is 0 Å². The molecule has 4 rings (SSSR count). The summed E-state index contributed by atoms with van der Waals surface area (Å²) in [6.07, 6.45) is 0. The number of oxazole rings is 1. The van der Waals surface area contributed by atoms with Crippen molar-refractivity contribution < 1.29 is 9.21 Å². The molecule has 0 aliphatic rings. The molecule has 1 amide bonds. The first-order chi connectivity index (χ1) is 14.1. The Hall–Kier alpha value is -3.05. The first kappa shape index (κ1) is 19.3. The Bertz CT molecular complexity index is 1120. The molecule has 1 N–H and O–H groups in total. The summed E-state index contributed by atoms with van der Waals surface area (Å²) in [5, 5.41) is 3.70. The van der Waals surface area contributed by atoms with Gasteiger partial charge in [0.2, 0.25) is 0 Å². The van der Waals surface area contributed by atoms with Crippen molar-refractivity contribution in [2.75, 3.05) is 0 Å². The summed E-state index contributed by atoms with van der Waals surface area (Å²) < 4.78 is 5.78. The van der Waals surface area contributed by atoms with Crippen LogP contribution in [0.1, 0.15) is 40.0 Å². The predicted octanol–water partition coefficient (Wildman–Crippen LogP) is 5.92. The highest BCUT2D eigenvalue weighted by molar-refractivity contribution is 7.98. The van der Waals surface area contributed by atoms with Gasteiger partial charge >= 0.3 is 0 Å². The summed E-state index contributed by atoms with van der Waals surface area (Å²) in [4.78, 5) is 17.0. The summed E-state index contributed by atoms with van der Waals surface area (Å²) in [7, 11) is 0. The van der Waals surface area contributed by atoms with E-state index in [0.29, 0.717) is 10.8 Å². The lowest BCUT2D eigenvalue weighted by atomic mass is 10.1. The van der Waals surface area contributed by atoms with Gasteiger partial charge in [0, 0.05) is 11.3 Å². The molecule has 5 heteroatoms. The molecule has 0 aliphatic carbocycles. The molecule has 3 aromatic carbocycles. The van der Waals surface area contributed by atoms with Gasteiger partial charge in [-0.2, -0.15) is 0 Å². The van der Waals surface area contributed by atoms with Crippen LogP contribution >= 0.6 is 11.8 Å².